The third-order valence-electron chi connectivity index (χ3n) is 3.75. The number of nitrogens with one attached hydrogen (secondary N) is 1. The third-order valence-corrected chi connectivity index (χ3v) is 3.75. The maximum absolute atomic E-state index is 3.67. The van der Waals surface area contributed by atoms with Crippen LogP contribution in [0.3, 0.4) is 0 Å². The van der Waals surface area contributed by atoms with Crippen LogP contribution in [0, 0.1) is 11.3 Å². The summed E-state index contributed by atoms with van der Waals surface area (Å²) >= 11 is 0. The van der Waals surface area contributed by atoms with E-state index in [9.17, 15) is 0 Å². The summed E-state index contributed by atoms with van der Waals surface area (Å²) in [5, 5.41) is 3.67. The molecule has 0 aromatic carbocycles. The number of hydrogen-bond acceptors (Lipinski definition) is 1. The predicted octanol–water partition coefficient (Wildman–Crippen LogP) is 3.59. The largest absolute Gasteiger partial charge is 0.314 e. The summed E-state index contributed by atoms with van der Waals surface area (Å²) in [6.45, 7) is 10.5. The van der Waals surface area contributed by atoms with Crippen LogP contribution in [0.25, 0.3) is 0 Å². The van der Waals surface area contributed by atoms with Gasteiger partial charge in [0.05, 0.1) is 0 Å². The zero-order valence-electron chi connectivity index (χ0n) is 10.4. The average molecular weight is 197 g/mol. The lowest BCUT2D eigenvalue weighted by Gasteiger charge is -2.27. The summed E-state index contributed by atoms with van der Waals surface area (Å²) in [6.07, 6.45) is 6.96. The highest BCUT2D eigenvalue weighted by Crippen LogP contribution is 2.49. The molecule has 14 heavy (non-hydrogen) atoms. The molecule has 1 heteroatoms. The van der Waals surface area contributed by atoms with E-state index in [2.05, 4.69) is 33.0 Å². The number of hydrogen-bond donors (Lipinski definition) is 1. The van der Waals surface area contributed by atoms with Crippen molar-refractivity contribution in [2.75, 3.05) is 6.54 Å². The van der Waals surface area contributed by atoms with Crippen LogP contribution in [-0.4, -0.2) is 12.6 Å². The maximum atomic E-state index is 3.67. The Morgan fingerprint density at radius 3 is 2.36 bits per heavy atom. The van der Waals surface area contributed by atoms with Gasteiger partial charge in [0.25, 0.3) is 0 Å². The molecule has 1 fully saturated rings. The molecule has 0 amide bonds. The van der Waals surface area contributed by atoms with Gasteiger partial charge >= 0.3 is 0 Å². The molecule has 2 unspecified atom stereocenters. The van der Waals surface area contributed by atoms with Crippen molar-refractivity contribution in [1.29, 1.82) is 0 Å². The second kappa shape index (κ2) is 5.16. The SMILES string of the molecule is CCCC(C)CC(NCC)C1(C)CC1. The molecule has 0 bridgehead atoms. The molecule has 1 saturated carbocycles. The first-order valence-corrected chi connectivity index (χ1v) is 6.35. The second-order valence-corrected chi connectivity index (χ2v) is 5.39. The molecule has 1 N–H and O–H groups in total. The van der Waals surface area contributed by atoms with Gasteiger partial charge in [-0.3, -0.25) is 0 Å². The third kappa shape index (κ3) is 3.27. The summed E-state index contributed by atoms with van der Waals surface area (Å²) in [4.78, 5) is 0. The van der Waals surface area contributed by atoms with Gasteiger partial charge in [-0.2, -0.15) is 0 Å². The van der Waals surface area contributed by atoms with Crippen LogP contribution < -0.4 is 5.32 Å². The van der Waals surface area contributed by atoms with Crippen molar-refractivity contribution >= 4 is 0 Å². The Balaban J connectivity index is 2.35. The van der Waals surface area contributed by atoms with E-state index < -0.39 is 0 Å². The predicted molar refractivity (Wildman–Crippen MR) is 63.5 cm³/mol. The fraction of sp³-hybridized carbons (Fsp3) is 1.00. The fourth-order valence-electron chi connectivity index (χ4n) is 2.42. The van der Waals surface area contributed by atoms with Gasteiger partial charge in [-0.1, -0.05) is 40.5 Å². The molecule has 0 heterocycles. The molecule has 0 aromatic rings. The van der Waals surface area contributed by atoms with Crippen LogP contribution in [0.2, 0.25) is 0 Å². The monoisotopic (exact) mass is 197 g/mol. The molecule has 0 aliphatic heterocycles. The number of rotatable bonds is 7. The zero-order chi connectivity index (χ0) is 10.6. The van der Waals surface area contributed by atoms with Crippen LogP contribution in [-0.2, 0) is 0 Å². The van der Waals surface area contributed by atoms with Gasteiger partial charge in [0.15, 0.2) is 0 Å². The zero-order valence-corrected chi connectivity index (χ0v) is 10.4. The molecule has 0 aromatic heterocycles. The van der Waals surface area contributed by atoms with Crippen LogP contribution in [0.5, 0.6) is 0 Å². The molecule has 1 nitrogen and oxygen atoms in total. The Labute approximate surface area is 89.7 Å². The van der Waals surface area contributed by atoms with Gasteiger partial charge in [0.1, 0.15) is 0 Å². The molecule has 2 atom stereocenters. The van der Waals surface area contributed by atoms with Gasteiger partial charge in [-0.15, -0.1) is 0 Å². The highest BCUT2D eigenvalue weighted by molar-refractivity contribution is 4.98. The lowest BCUT2D eigenvalue weighted by atomic mass is 9.88. The van der Waals surface area contributed by atoms with Crippen molar-refractivity contribution in [1.82, 2.24) is 5.32 Å². The maximum Gasteiger partial charge on any atom is 0.0123 e. The van der Waals surface area contributed by atoms with Crippen LogP contribution in [0.1, 0.15) is 59.8 Å². The van der Waals surface area contributed by atoms with Crippen molar-refractivity contribution in [2.45, 2.75) is 65.8 Å². The second-order valence-electron chi connectivity index (χ2n) is 5.39. The quantitative estimate of drug-likeness (QED) is 0.657. The van der Waals surface area contributed by atoms with Crippen molar-refractivity contribution in [3.05, 3.63) is 0 Å². The average Bonchev–Trinajstić information content (AvgIpc) is 2.85. The van der Waals surface area contributed by atoms with E-state index in [1.54, 1.807) is 0 Å². The standard InChI is InChI=1S/C13H27N/c1-5-7-11(3)10-12(14-6-2)13(4)8-9-13/h11-12,14H,5-10H2,1-4H3. The van der Waals surface area contributed by atoms with Crippen LogP contribution in [0.15, 0.2) is 0 Å². The highest BCUT2D eigenvalue weighted by atomic mass is 14.9. The van der Waals surface area contributed by atoms with Crippen molar-refractivity contribution in [3.8, 4) is 0 Å². The van der Waals surface area contributed by atoms with E-state index in [1.165, 1.54) is 32.1 Å². The van der Waals surface area contributed by atoms with Gasteiger partial charge in [-0.25, -0.2) is 0 Å². The molecular formula is C13H27N. The minimum absolute atomic E-state index is 0.637. The Morgan fingerprint density at radius 2 is 1.93 bits per heavy atom. The summed E-state index contributed by atoms with van der Waals surface area (Å²) in [7, 11) is 0. The van der Waals surface area contributed by atoms with Gasteiger partial charge in [-0.05, 0) is 37.1 Å². The van der Waals surface area contributed by atoms with E-state index in [1.807, 2.05) is 0 Å². The summed E-state index contributed by atoms with van der Waals surface area (Å²) in [5.74, 6) is 0.890. The minimum atomic E-state index is 0.637. The van der Waals surface area contributed by atoms with Crippen LogP contribution in [0.4, 0.5) is 0 Å². The van der Waals surface area contributed by atoms with Crippen LogP contribution >= 0.6 is 0 Å². The first-order valence-electron chi connectivity index (χ1n) is 6.35. The molecule has 84 valence electrons. The Kier molecular flexibility index (Phi) is 4.43. The van der Waals surface area contributed by atoms with Gasteiger partial charge in [0.2, 0.25) is 0 Å². The summed E-state index contributed by atoms with van der Waals surface area (Å²) < 4.78 is 0. The molecular weight excluding hydrogens is 170 g/mol. The fourth-order valence-corrected chi connectivity index (χ4v) is 2.42. The Hall–Kier alpha value is -0.0400. The van der Waals surface area contributed by atoms with E-state index >= 15 is 0 Å². The summed E-state index contributed by atoms with van der Waals surface area (Å²) in [6, 6.07) is 0.772. The van der Waals surface area contributed by atoms with Crippen molar-refractivity contribution < 1.29 is 0 Å². The first-order chi connectivity index (χ1) is 6.62. The Bertz CT molecular complexity index is 161. The molecule has 0 saturated heterocycles. The molecule has 0 radical (unpaired) electrons. The molecule has 1 aliphatic rings. The van der Waals surface area contributed by atoms with Gasteiger partial charge in [0, 0.05) is 6.04 Å². The van der Waals surface area contributed by atoms with E-state index in [-0.39, 0.29) is 0 Å². The normalized spacial score (nSPS) is 23.1. The molecule has 0 spiro atoms. The van der Waals surface area contributed by atoms with Crippen molar-refractivity contribution in [2.24, 2.45) is 11.3 Å². The topological polar surface area (TPSA) is 12.0 Å². The highest BCUT2D eigenvalue weighted by Gasteiger charge is 2.44. The first kappa shape index (κ1) is 12.0. The Morgan fingerprint density at radius 1 is 1.29 bits per heavy atom. The van der Waals surface area contributed by atoms with E-state index in [4.69, 9.17) is 0 Å². The lowest BCUT2D eigenvalue weighted by molar-refractivity contribution is 0.293. The van der Waals surface area contributed by atoms with E-state index in [0.717, 1.165) is 18.5 Å². The minimum Gasteiger partial charge on any atom is -0.314 e. The van der Waals surface area contributed by atoms with E-state index in [0.29, 0.717) is 5.41 Å². The lowest BCUT2D eigenvalue weighted by Crippen LogP contribution is -2.37. The molecule has 1 aliphatic carbocycles. The summed E-state index contributed by atoms with van der Waals surface area (Å²) in [5.41, 5.74) is 0.637. The smallest absolute Gasteiger partial charge is 0.0123 e. The van der Waals surface area contributed by atoms with Gasteiger partial charge < -0.3 is 5.32 Å². The molecule has 1 rings (SSSR count). The van der Waals surface area contributed by atoms with Crippen molar-refractivity contribution in [3.63, 3.8) is 0 Å².